The van der Waals surface area contributed by atoms with E-state index in [0.717, 1.165) is 5.56 Å². The normalized spacial score (nSPS) is 16.3. The maximum absolute atomic E-state index is 12.1. The summed E-state index contributed by atoms with van der Waals surface area (Å²) < 4.78 is 0. The van der Waals surface area contributed by atoms with Crippen molar-refractivity contribution in [2.24, 2.45) is 0 Å². The summed E-state index contributed by atoms with van der Waals surface area (Å²) in [7, 11) is 0. The van der Waals surface area contributed by atoms with Crippen LogP contribution in [0.5, 0.6) is 0 Å². The van der Waals surface area contributed by atoms with E-state index >= 15 is 0 Å². The van der Waals surface area contributed by atoms with E-state index in [1.165, 1.54) is 6.08 Å². The van der Waals surface area contributed by atoms with E-state index in [4.69, 9.17) is 10.8 Å². The highest BCUT2D eigenvalue weighted by molar-refractivity contribution is 5.92. The van der Waals surface area contributed by atoms with Crippen molar-refractivity contribution in [2.45, 2.75) is 0 Å². The maximum Gasteiger partial charge on any atom is 0.317 e. The van der Waals surface area contributed by atoms with Gasteiger partial charge in [0.05, 0.1) is 6.54 Å². The molecule has 112 valence electrons. The fraction of sp³-hybridized carbons (Fsp3) is 0.333. The molecular formula is C15H19N3O3. The van der Waals surface area contributed by atoms with Crippen LogP contribution in [0, 0.1) is 0 Å². The topological polar surface area (TPSA) is 86.9 Å². The van der Waals surface area contributed by atoms with Crippen LogP contribution >= 0.6 is 0 Å². The molecule has 1 amide bonds. The zero-order valence-electron chi connectivity index (χ0n) is 11.7. The Kier molecular flexibility index (Phi) is 4.94. The van der Waals surface area contributed by atoms with Crippen LogP contribution in [0.15, 0.2) is 30.3 Å². The Hall–Kier alpha value is -2.34. The molecule has 1 fully saturated rings. The van der Waals surface area contributed by atoms with Crippen molar-refractivity contribution in [2.75, 3.05) is 38.5 Å². The third-order valence-corrected chi connectivity index (χ3v) is 3.37. The Balaban J connectivity index is 1.86. The highest BCUT2D eigenvalue weighted by Gasteiger charge is 2.20. The lowest BCUT2D eigenvalue weighted by molar-refractivity contribution is -0.139. The molecule has 0 bridgehead atoms. The maximum atomic E-state index is 12.1. The van der Waals surface area contributed by atoms with Gasteiger partial charge in [-0.2, -0.15) is 0 Å². The van der Waals surface area contributed by atoms with E-state index in [1.807, 2.05) is 17.0 Å². The molecule has 0 saturated carbocycles. The minimum atomic E-state index is -0.837. The minimum Gasteiger partial charge on any atom is -0.480 e. The summed E-state index contributed by atoms with van der Waals surface area (Å²) in [6.45, 7) is 2.30. The molecule has 2 rings (SSSR count). The quantitative estimate of drug-likeness (QED) is 0.623. The first-order chi connectivity index (χ1) is 10.0. The van der Waals surface area contributed by atoms with Crippen LogP contribution in [-0.2, 0) is 9.59 Å². The minimum absolute atomic E-state index is 0.0289. The van der Waals surface area contributed by atoms with Gasteiger partial charge in [0.25, 0.3) is 0 Å². The smallest absolute Gasteiger partial charge is 0.317 e. The van der Waals surface area contributed by atoms with Gasteiger partial charge in [0.2, 0.25) is 5.91 Å². The van der Waals surface area contributed by atoms with Crippen molar-refractivity contribution in [3.63, 3.8) is 0 Å². The van der Waals surface area contributed by atoms with Gasteiger partial charge in [-0.05, 0) is 23.8 Å². The molecule has 21 heavy (non-hydrogen) atoms. The molecule has 0 radical (unpaired) electrons. The van der Waals surface area contributed by atoms with Gasteiger partial charge in [0.15, 0.2) is 0 Å². The van der Waals surface area contributed by atoms with Gasteiger partial charge in [-0.1, -0.05) is 12.1 Å². The van der Waals surface area contributed by atoms with Crippen molar-refractivity contribution in [1.29, 1.82) is 0 Å². The molecule has 1 aliphatic heterocycles. The van der Waals surface area contributed by atoms with Gasteiger partial charge in [0.1, 0.15) is 0 Å². The number of aliphatic carboxylic acids is 1. The molecule has 1 aliphatic rings. The van der Waals surface area contributed by atoms with E-state index in [9.17, 15) is 9.59 Å². The number of anilines is 1. The summed E-state index contributed by atoms with van der Waals surface area (Å²) in [4.78, 5) is 26.2. The van der Waals surface area contributed by atoms with Crippen molar-refractivity contribution < 1.29 is 14.7 Å². The number of hydrogen-bond donors (Lipinski definition) is 2. The van der Waals surface area contributed by atoms with Crippen molar-refractivity contribution in [3.05, 3.63) is 35.9 Å². The number of carboxylic acid groups (broad SMARTS) is 1. The highest BCUT2D eigenvalue weighted by atomic mass is 16.4. The Morgan fingerprint density at radius 2 is 1.95 bits per heavy atom. The standard InChI is InChI=1S/C15H19N3O3/c16-13-3-1-2-12(10-13)4-5-14(19)18-8-6-17(7-9-18)11-15(20)21/h1-5,10H,6-9,11,16H2,(H,20,21)/b5-4+. The Bertz CT molecular complexity index is 549. The number of nitrogens with two attached hydrogens (primary N) is 1. The molecule has 0 aliphatic carbocycles. The van der Waals surface area contributed by atoms with E-state index in [-0.39, 0.29) is 12.5 Å². The fourth-order valence-corrected chi connectivity index (χ4v) is 2.25. The SMILES string of the molecule is Nc1cccc(/C=C/C(=O)N2CCN(CC(=O)O)CC2)c1. The van der Waals surface area contributed by atoms with E-state index < -0.39 is 5.97 Å². The van der Waals surface area contributed by atoms with Crippen molar-refractivity contribution in [3.8, 4) is 0 Å². The first-order valence-electron chi connectivity index (χ1n) is 6.81. The summed E-state index contributed by atoms with van der Waals surface area (Å²) in [5.41, 5.74) is 7.22. The highest BCUT2D eigenvalue weighted by Crippen LogP contribution is 2.09. The number of nitrogen functional groups attached to an aromatic ring is 1. The number of nitrogens with zero attached hydrogens (tertiary/aromatic N) is 2. The second kappa shape index (κ2) is 6.90. The molecule has 1 heterocycles. The summed E-state index contributed by atoms with van der Waals surface area (Å²) in [6.07, 6.45) is 3.27. The molecule has 1 aromatic carbocycles. The number of carbonyl (C=O) groups excluding carboxylic acids is 1. The predicted molar refractivity (Wildman–Crippen MR) is 80.5 cm³/mol. The summed E-state index contributed by atoms with van der Waals surface area (Å²) in [6, 6.07) is 7.31. The lowest BCUT2D eigenvalue weighted by Gasteiger charge is -2.33. The van der Waals surface area contributed by atoms with Crippen LogP contribution in [0.25, 0.3) is 6.08 Å². The molecule has 0 spiro atoms. The summed E-state index contributed by atoms with van der Waals surface area (Å²) in [5, 5.41) is 8.73. The Morgan fingerprint density at radius 3 is 2.57 bits per heavy atom. The molecule has 0 unspecified atom stereocenters. The largest absolute Gasteiger partial charge is 0.480 e. The van der Waals surface area contributed by atoms with E-state index in [1.54, 1.807) is 23.1 Å². The number of amides is 1. The number of piperazine rings is 1. The molecule has 0 atom stereocenters. The lowest BCUT2D eigenvalue weighted by atomic mass is 10.2. The molecule has 1 aromatic rings. The number of hydrogen-bond acceptors (Lipinski definition) is 4. The average Bonchev–Trinajstić information content (AvgIpc) is 2.45. The van der Waals surface area contributed by atoms with Gasteiger partial charge >= 0.3 is 5.97 Å². The van der Waals surface area contributed by atoms with E-state index in [0.29, 0.717) is 31.9 Å². The van der Waals surface area contributed by atoms with Crippen molar-refractivity contribution >= 4 is 23.6 Å². The third-order valence-electron chi connectivity index (χ3n) is 3.37. The second-order valence-electron chi connectivity index (χ2n) is 5.00. The van der Waals surface area contributed by atoms with Crippen molar-refractivity contribution in [1.82, 2.24) is 9.80 Å². The van der Waals surface area contributed by atoms with Gasteiger partial charge in [-0.25, -0.2) is 0 Å². The van der Waals surface area contributed by atoms with Crippen LogP contribution in [-0.4, -0.2) is 59.5 Å². The summed E-state index contributed by atoms with van der Waals surface area (Å²) in [5.74, 6) is -0.899. The molecule has 6 nitrogen and oxygen atoms in total. The summed E-state index contributed by atoms with van der Waals surface area (Å²) >= 11 is 0. The number of carboxylic acids is 1. The second-order valence-corrected chi connectivity index (χ2v) is 5.00. The average molecular weight is 289 g/mol. The first-order valence-corrected chi connectivity index (χ1v) is 6.81. The number of carbonyl (C=O) groups is 2. The van der Waals surface area contributed by atoms with E-state index in [2.05, 4.69) is 0 Å². The first kappa shape index (κ1) is 15.1. The van der Waals surface area contributed by atoms with Crippen LogP contribution in [0.3, 0.4) is 0 Å². The molecule has 1 saturated heterocycles. The van der Waals surface area contributed by atoms with Gasteiger partial charge < -0.3 is 15.7 Å². The van der Waals surface area contributed by atoms with Crippen LogP contribution < -0.4 is 5.73 Å². The lowest BCUT2D eigenvalue weighted by Crippen LogP contribution is -2.49. The molecular weight excluding hydrogens is 270 g/mol. The zero-order chi connectivity index (χ0) is 15.2. The molecule has 6 heteroatoms. The van der Waals surface area contributed by atoms with Gasteiger partial charge in [0, 0.05) is 37.9 Å². The molecule has 0 aromatic heterocycles. The predicted octanol–water partition coefficient (Wildman–Crippen LogP) is 0.511. The van der Waals surface area contributed by atoms with Crippen LogP contribution in [0.1, 0.15) is 5.56 Å². The number of benzene rings is 1. The van der Waals surface area contributed by atoms with Crippen LogP contribution in [0.2, 0.25) is 0 Å². The molecule has 3 N–H and O–H groups in total. The Labute approximate surface area is 123 Å². The zero-order valence-corrected chi connectivity index (χ0v) is 11.7. The van der Waals surface area contributed by atoms with Gasteiger partial charge in [-0.3, -0.25) is 14.5 Å². The number of rotatable bonds is 4. The van der Waals surface area contributed by atoms with Gasteiger partial charge in [-0.15, -0.1) is 0 Å². The fourth-order valence-electron chi connectivity index (χ4n) is 2.25. The Morgan fingerprint density at radius 1 is 1.24 bits per heavy atom. The third kappa shape index (κ3) is 4.61. The van der Waals surface area contributed by atoms with Crippen LogP contribution in [0.4, 0.5) is 5.69 Å². The monoisotopic (exact) mass is 289 g/mol.